The molecule has 28 heavy (non-hydrogen) atoms. The van der Waals surface area contributed by atoms with Crippen LogP contribution in [0.1, 0.15) is 76.3 Å². The van der Waals surface area contributed by atoms with Crippen molar-refractivity contribution < 1.29 is 14.3 Å². The Kier molecular flexibility index (Phi) is 10.2. The maximum Gasteiger partial charge on any atom is 0.519 e. The molecule has 0 aromatic heterocycles. The van der Waals surface area contributed by atoms with E-state index in [1.807, 2.05) is 48.5 Å². The number of benzene rings is 2. The second-order valence-corrected chi connectivity index (χ2v) is 7.29. The molecule has 0 fully saturated rings. The molecule has 0 atom stereocenters. The van der Waals surface area contributed by atoms with Gasteiger partial charge in [-0.3, -0.25) is 0 Å². The predicted octanol–water partition coefficient (Wildman–Crippen LogP) is 7.51. The monoisotopic (exact) mass is 382 g/mol. The molecule has 3 heteroatoms. The van der Waals surface area contributed by atoms with Gasteiger partial charge in [-0.05, 0) is 48.9 Å². The Labute approximate surface area is 170 Å². The number of para-hydroxylation sites is 2. The predicted molar refractivity (Wildman–Crippen MR) is 115 cm³/mol. The molecule has 2 aromatic carbocycles. The van der Waals surface area contributed by atoms with Gasteiger partial charge in [-0.1, -0.05) is 88.8 Å². The van der Waals surface area contributed by atoms with Gasteiger partial charge < -0.3 is 9.47 Å². The zero-order valence-electron chi connectivity index (χ0n) is 17.4. The van der Waals surface area contributed by atoms with Gasteiger partial charge in [-0.25, -0.2) is 4.79 Å². The van der Waals surface area contributed by atoms with E-state index in [4.69, 9.17) is 9.47 Å². The number of carbonyl (C=O) groups excluding carboxylic acids is 1. The maximum absolute atomic E-state index is 12.4. The molecule has 0 radical (unpaired) electrons. The number of rotatable bonds is 12. The van der Waals surface area contributed by atoms with Gasteiger partial charge in [-0.15, -0.1) is 0 Å². The van der Waals surface area contributed by atoms with Crippen LogP contribution in [0.5, 0.6) is 11.5 Å². The standard InChI is InChI=1S/C25H34O3/c1-3-5-7-9-15-21-17-11-13-19-23(21)27-25(26)28-24-20-14-12-18-22(24)16-10-8-6-4-2/h11-14,17-20H,3-10,15-16H2,1-2H3. The number of carbonyl (C=O) groups is 1. The first kappa shape index (κ1) is 22.0. The van der Waals surface area contributed by atoms with Gasteiger partial charge in [0.1, 0.15) is 11.5 Å². The van der Waals surface area contributed by atoms with Crippen molar-refractivity contribution in [1.82, 2.24) is 0 Å². The fourth-order valence-electron chi connectivity index (χ4n) is 3.30. The molecule has 0 bridgehead atoms. The summed E-state index contributed by atoms with van der Waals surface area (Å²) in [5.74, 6) is 1.20. The van der Waals surface area contributed by atoms with E-state index < -0.39 is 6.16 Å². The maximum atomic E-state index is 12.4. The van der Waals surface area contributed by atoms with Gasteiger partial charge in [-0.2, -0.15) is 0 Å². The van der Waals surface area contributed by atoms with Crippen LogP contribution in [0.25, 0.3) is 0 Å². The highest BCUT2D eigenvalue weighted by molar-refractivity contribution is 5.68. The van der Waals surface area contributed by atoms with E-state index in [2.05, 4.69) is 13.8 Å². The van der Waals surface area contributed by atoms with Crippen molar-refractivity contribution in [3.8, 4) is 11.5 Å². The van der Waals surface area contributed by atoms with Crippen LogP contribution in [0, 0.1) is 0 Å². The van der Waals surface area contributed by atoms with E-state index >= 15 is 0 Å². The lowest BCUT2D eigenvalue weighted by Gasteiger charge is -2.12. The topological polar surface area (TPSA) is 35.5 Å². The van der Waals surface area contributed by atoms with Gasteiger partial charge >= 0.3 is 6.16 Å². The van der Waals surface area contributed by atoms with Crippen LogP contribution >= 0.6 is 0 Å². The van der Waals surface area contributed by atoms with Crippen molar-refractivity contribution in [3.05, 3.63) is 59.7 Å². The summed E-state index contributed by atoms with van der Waals surface area (Å²) >= 11 is 0. The molecule has 0 amide bonds. The molecule has 2 rings (SSSR count). The fraction of sp³-hybridized carbons (Fsp3) is 0.480. The van der Waals surface area contributed by atoms with Crippen molar-refractivity contribution in [2.24, 2.45) is 0 Å². The highest BCUT2D eigenvalue weighted by atomic mass is 16.7. The summed E-state index contributed by atoms with van der Waals surface area (Å²) in [7, 11) is 0. The molecule has 0 spiro atoms. The van der Waals surface area contributed by atoms with Crippen LogP contribution in [0.2, 0.25) is 0 Å². The highest BCUT2D eigenvalue weighted by Crippen LogP contribution is 2.24. The zero-order valence-corrected chi connectivity index (χ0v) is 17.4. The SMILES string of the molecule is CCCCCCc1ccccc1OC(=O)Oc1ccccc1CCCCCC. The second kappa shape index (κ2) is 13.0. The number of hydrogen-bond acceptors (Lipinski definition) is 3. The summed E-state index contributed by atoms with van der Waals surface area (Å²) in [4.78, 5) is 12.4. The summed E-state index contributed by atoms with van der Waals surface area (Å²) in [6.45, 7) is 4.41. The number of unbranched alkanes of at least 4 members (excludes halogenated alkanes) is 6. The Balaban J connectivity index is 1.94. The van der Waals surface area contributed by atoms with Crippen LogP contribution in [0.4, 0.5) is 4.79 Å². The minimum atomic E-state index is -0.665. The molecule has 2 aromatic rings. The first-order valence-electron chi connectivity index (χ1n) is 10.8. The first-order chi connectivity index (χ1) is 13.7. The van der Waals surface area contributed by atoms with Crippen LogP contribution in [0.3, 0.4) is 0 Å². The minimum Gasteiger partial charge on any atom is -0.394 e. The Morgan fingerprint density at radius 2 is 1.07 bits per heavy atom. The van der Waals surface area contributed by atoms with E-state index in [0.29, 0.717) is 11.5 Å². The molecule has 0 saturated heterocycles. The van der Waals surface area contributed by atoms with E-state index in [1.165, 1.54) is 38.5 Å². The van der Waals surface area contributed by atoms with Crippen molar-refractivity contribution in [1.29, 1.82) is 0 Å². The van der Waals surface area contributed by atoms with E-state index in [-0.39, 0.29) is 0 Å². The zero-order chi connectivity index (χ0) is 20.0. The third kappa shape index (κ3) is 7.75. The Bertz CT molecular complexity index is 649. The molecule has 0 aliphatic carbocycles. The van der Waals surface area contributed by atoms with Gasteiger partial charge in [0.25, 0.3) is 0 Å². The molecular formula is C25H34O3. The second-order valence-electron chi connectivity index (χ2n) is 7.29. The van der Waals surface area contributed by atoms with E-state index in [0.717, 1.165) is 36.8 Å². The molecule has 0 N–H and O–H groups in total. The largest absolute Gasteiger partial charge is 0.519 e. The quantitative estimate of drug-likeness (QED) is 0.216. The van der Waals surface area contributed by atoms with Gasteiger partial charge in [0, 0.05) is 0 Å². The van der Waals surface area contributed by atoms with Crippen molar-refractivity contribution in [2.75, 3.05) is 0 Å². The lowest BCUT2D eigenvalue weighted by atomic mass is 10.1. The molecule has 3 nitrogen and oxygen atoms in total. The molecule has 0 heterocycles. The van der Waals surface area contributed by atoms with Crippen molar-refractivity contribution in [2.45, 2.75) is 78.1 Å². The average molecular weight is 383 g/mol. The smallest absolute Gasteiger partial charge is 0.394 e. The Morgan fingerprint density at radius 1 is 0.643 bits per heavy atom. The van der Waals surface area contributed by atoms with E-state index in [1.54, 1.807) is 0 Å². The summed E-state index contributed by atoms with van der Waals surface area (Å²) in [6, 6.07) is 15.5. The first-order valence-corrected chi connectivity index (χ1v) is 10.8. The third-order valence-corrected chi connectivity index (χ3v) is 4.93. The Hall–Kier alpha value is -2.29. The number of aryl methyl sites for hydroxylation is 2. The lowest BCUT2D eigenvalue weighted by Crippen LogP contribution is -2.15. The molecule has 0 unspecified atom stereocenters. The average Bonchev–Trinajstić information content (AvgIpc) is 2.71. The Morgan fingerprint density at radius 3 is 1.50 bits per heavy atom. The fourth-order valence-corrected chi connectivity index (χ4v) is 3.30. The number of hydrogen-bond donors (Lipinski definition) is 0. The summed E-state index contributed by atoms with van der Waals surface area (Å²) in [5, 5.41) is 0. The van der Waals surface area contributed by atoms with Crippen molar-refractivity contribution >= 4 is 6.16 Å². The third-order valence-electron chi connectivity index (χ3n) is 4.93. The van der Waals surface area contributed by atoms with Crippen LogP contribution < -0.4 is 9.47 Å². The van der Waals surface area contributed by atoms with Gasteiger partial charge in [0.15, 0.2) is 0 Å². The van der Waals surface area contributed by atoms with E-state index in [9.17, 15) is 4.79 Å². The summed E-state index contributed by atoms with van der Waals surface area (Å²) < 4.78 is 11.1. The molecule has 0 saturated carbocycles. The van der Waals surface area contributed by atoms with Crippen LogP contribution in [-0.4, -0.2) is 6.16 Å². The van der Waals surface area contributed by atoms with Gasteiger partial charge in [0.05, 0.1) is 0 Å². The van der Waals surface area contributed by atoms with Gasteiger partial charge in [0.2, 0.25) is 0 Å². The lowest BCUT2D eigenvalue weighted by molar-refractivity contribution is 0.151. The molecule has 0 aliphatic heterocycles. The highest BCUT2D eigenvalue weighted by Gasteiger charge is 2.13. The minimum absolute atomic E-state index is 0.601. The summed E-state index contributed by atoms with van der Waals surface area (Å²) in [6.07, 6.45) is 10.6. The molecule has 0 aliphatic rings. The molecule has 152 valence electrons. The summed E-state index contributed by atoms with van der Waals surface area (Å²) in [5.41, 5.74) is 2.12. The number of ether oxygens (including phenoxy) is 2. The van der Waals surface area contributed by atoms with Crippen molar-refractivity contribution in [3.63, 3.8) is 0 Å². The van der Waals surface area contributed by atoms with Crippen LogP contribution in [0.15, 0.2) is 48.5 Å². The normalized spacial score (nSPS) is 10.6. The van der Waals surface area contributed by atoms with Crippen LogP contribution in [-0.2, 0) is 12.8 Å². The molecular weight excluding hydrogens is 348 g/mol.